The zero-order valence-corrected chi connectivity index (χ0v) is 13.0. The molecular formula is C14H25N5O. The lowest BCUT2D eigenvalue weighted by Gasteiger charge is -2.32. The van der Waals surface area contributed by atoms with Gasteiger partial charge in [0.2, 0.25) is 0 Å². The summed E-state index contributed by atoms with van der Waals surface area (Å²) >= 11 is 0. The van der Waals surface area contributed by atoms with Gasteiger partial charge in [0.15, 0.2) is 5.69 Å². The molecule has 1 heterocycles. The van der Waals surface area contributed by atoms with E-state index in [-0.39, 0.29) is 11.4 Å². The van der Waals surface area contributed by atoms with Crippen molar-refractivity contribution >= 4 is 11.7 Å². The number of nitrogens with one attached hydrogen (secondary N) is 2. The number of carbonyl (C=O) groups is 1. The summed E-state index contributed by atoms with van der Waals surface area (Å²) in [5.41, 5.74) is 0.229. The highest BCUT2D eigenvalue weighted by Gasteiger charge is 2.21. The molecule has 6 heteroatoms. The highest BCUT2D eigenvalue weighted by Crippen LogP contribution is 2.08. The molecule has 0 bridgehead atoms. The largest absolute Gasteiger partial charge is 0.369 e. The van der Waals surface area contributed by atoms with Crippen LogP contribution in [0.5, 0.6) is 0 Å². The Morgan fingerprint density at radius 3 is 2.50 bits per heavy atom. The second-order valence-corrected chi connectivity index (χ2v) is 5.62. The van der Waals surface area contributed by atoms with Gasteiger partial charge in [0.25, 0.3) is 5.91 Å². The lowest BCUT2D eigenvalue weighted by molar-refractivity contribution is 0.0914. The molecule has 0 fully saturated rings. The minimum Gasteiger partial charge on any atom is -0.369 e. The van der Waals surface area contributed by atoms with Gasteiger partial charge in [-0.15, -0.1) is 10.2 Å². The van der Waals surface area contributed by atoms with E-state index in [9.17, 15) is 4.79 Å². The predicted octanol–water partition coefficient (Wildman–Crippen LogP) is 1.37. The lowest BCUT2D eigenvalue weighted by Crippen LogP contribution is -2.48. The van der Waals surface area contributed by atoms with Gasteiger partial charge < -0.3 is 15.5 Å². The quantitative estimate of drug-likeness (QED) is 0.789. The van der Waals surface area contributed by atoms with Crippen molar-refractivity contribution in [1.29, 1.82) is 0 Å². The fourth-order valence-corrected chi connectivity index (χ4v) is 1.35. The molecule has 1 aromatic rings. The second kappa shape index (κ2) is 7.19. The Morgan fingerprint density at radius 2 is 2.00 bits per heavy atom. The van der Waals surface area contributed by atoms with Crippen molar-refractivity contribution in [1.82, 2.24) is 20.4 Å². The van der Waals surface area contributed by atoms with Gasteiger partial charge in [-0.2, -0.15) is 0 Å². The molecule has 0 saturated carbocycles. The summed E-state index contributed by atoms with van der Waals surface area (Å²) in [7, 11) is 3.97. The van der Waals surface area contributed by atoms with E-state index in [1.165, 1.54) is 0 Å². The summed E-state index contributed by atoms with van der Waals surface area (Å²) in [6.45, 7) is 7.61. The third-order valence-electron chi connectivity index (χ3n) is 3.35. The van der Waals surface area contributed by atoms with E-state index in [0.717, 1.165) is 13.0 Å². The Hall–Kier alpha value is -1.69. The van der Waals surface area contributed by atoms with Crippen LogP contribution in [0, 0.1) is 0 Å². The topological polar surface area (TPSA) is 70.2 Å². The maximum atomic E-state index is 12.0. The monoisotopic (exact) mass is 279 g/mol. The van der Waals surface area contributed by atoms with Crippen molar-refractivity contribution in [2.24, 2.45) is 0 Å². The minimum atomic E-state index is -0.200. The van der Waals surface area contributed by atoms with E-state index in [0.29, 0.717) is 18.1 Å². The number of hydrogen-bond donors (Lipinski definition) is 2. The normalized spacial score (nSPS) is 11.5. The third-order valence-corrected chi connectivity index (χ3v) is 3.35. The first kappa shape index (κ1) is 16.4. The number of hydrogen-bond acceptors (Lipinski definition) is 5. The number of carbonyl (C=O) groups excluding carboxylic acids is 1. The number of amides is 1. The van der Waals surface area contributed by atoms with Crippen molar-refractivity contribution < 1.29 is 4.79 Å². The molecule has 0 radical (unpaired) electrons. The Balaban J connectivity index is 2.56. The average Bonchev–Trinajstić information content (AvgIpc) is 2.43. The Morgan fingerprint density at radius 1 is 1.30 bits per heavy atom. The summed E-state index contributed by atoms with van der Waals surface area (Å²) in [4.78, 5) is 14.1. The first-order valence-electron chi connectivity index (χ1n) is 6.90. The van der Waals surface area contributed by atoms with Gasteiger partial charge in [-0.3, -0.25) is 4.79 Å². The molecule has 0 aliphatic heterocycles. The maximum Gasteiger partial charge on any atom is 0.271 e. The minimum absolute atomic E-state index is 0.105. The van der Waals surface area contributed by atoms with Crippen LogP contribution in [0.15, 0.2) is 12.1 Å². The van der Waals surface area contributed by atoms with Gasteiger partial charge in [0.1, 0.15) is 5.82 Å². The lowest BCUT2D eigenvalue weighted by atomic mass is 10.0. The van der Waals surface area contributed by atoms with Crippen LogP contribution in [0.4, 0.5) is 5.82 Å². The van der Waals surface area contributed by atoms with Gasteiger partial charge in [-0.25, -0.2) is 0 Å². The van der Waals surface area contributed by atoms with Crippen LogP contribution >= 0.6 is 0 Å². The molecule has 1 amide bonds. The number of rotatable bonds is 7. The van der Waals surface area contributed by atoms with Crippen LogP contribution in [0.2, 0.25) is 0 Å². The summed E-state index contributed by atoms with van der Waals surface area (Å²) < 4.78 is 0. The summed E-state index contributed by atoms with van der Waals surface area (Å²) in [6.07, 6.45) is 1.02. The zero-order chi connectivity index (χ0) is 15.2. The van der Waals surface area contributed by atoms with Crippen LogP contribution in [0.1, 0.15) is 37.7 Å². The van der Waals surface area contributed by atoms with E-state index < -0.39 is 0 Å². The Labute approximate surface area is 121 Å². The SMILES string of the molecule is CCCNc1ccc(C(=O)NCC(C)(C)N(C)C)nn1. The molecule has 0 aliphatic rings. The zero-order valence-electron chi connectivity index (χ0n) is 13.0. The number of likely N-dealkylation sites (N-methyl/N-ethyl adjacent to an activating group) is 1. The first-order valence-corrected chi connectivity index (χ1v) is 6.90. The van der Waals surface area contributed by atoms with Gasteiger partial charge in [-0.1, -0.05) is 6.92 Å². The molecule has 0 spiro atoms. The Bertz CT molecular complexity index is 428. The second-order valence-electron chi connectivity index (χ2n) is 5.62. The van der Waals surface area contributed by atoms with Crippen molar-refractivity contribution in [2.45, 2.75) is 32.7 Å². The molecule has 0 aliphatic carbocycles. The van der Waals surface area contributed by atoms with Crippen molar-refractivity contribution in [3.05, 3.63) is 17.8 Å². The third kappa shape index (κ3) is 4.77. The molecule has 1 aromatic heterocycles. The van der Waals surface area contributed by atoms with Gasteiger partial charge in [0.05, 0.1) is 0 Å². The van der Waals surface area contributed by atoms with E-state index >= 15 is 0 Å². The summed E-state index contributed by atoms with van der Waals surface area (Å²) in [5.74, 6) is 0.492. The molecular weight excluding hydrogens is 254 g/mol. The molecule has 0 atom stereocenters. The van der Waals surface area contributed by atoms with E-state index in [1.807, 2.05) is 14.1 Å². The number of aromatic nitrogens is 2. The number of nitrogens with zero attached hydrogens (tertiary/aromatic N) is 3. The molecule has 1 rings (SSSR count). The van der Waals surface area contributed by atoms with Gasteiger partial charge in [0, 0.05) is 18.6 Å². The molecule has 20 heavy (non-hydrogen) atoms. The van der Waals surface area contributed by atoms with Crippen LogP contribution in [-0.4, -0.2) is 53.7 Å². The number of anilines is 1. The fourth-order valence-electron chi connectivity index (χ4n) is 1.35. The molecule has 0 aromatic carbocycles. The van der Waals surface area contributed by atoms with Crippen LogP contribution < -0.4 is 10.6 Å². The van der Waals surface area contributed by atoms with Crippen molar-refractivity contribution in [3.8, 4) is 0 Å². The van der Waals surface area contributed by atoms with Crippen molar-refractivity contribution in [2.75, 3.05) is 32.5 Å². The average molecular weight is 279 g/mol. The van der Waals surface area contributed by atoms with E-state index in [1.54, 1.807) is 12.1 Å². The molecule has 112 valence electrons. The molecule has 2 N–H and O–H groups in total. The van der Waals surface area contributed by atoms with Crippen LogP contribution in [-0.2, 0) is 0 Å². The smallest absolute Gasteiger partial charge is 0.271 e. The highest BCUT2D eigenvalue weighted by molar-refractivity contribution is 5.92. The highest BCUT2D eigenvalue weighted by atomic mass is 16.1. The summed E-state index contributed by atoms with van der Waals surface area (Å²) in [6, 6.07) is 3.46. The summed E-state index contributed by atoms with van der Waals surface area (Å²) in [5, 5.41) is 13.9. The van der Waals surface area contributed by atoms with Crippen LogP contribution in [0.25, 0.3) is 0 Å². The molecule has 6 nitrogen and oxygen atoms in total. The molecule has 0 saturated heterocycles. The van der Waals surface area contributed by atoms with E-state index in [4.69, 9.17) is 0 Å². The van der Waals surface area contributed by atoms with Crippen LogP contribution in [0.3, 0.4) is 0 Å². The first-order chi connectivity index (χ1) is 9.36. The van der Waals surface area contributed by atoms with Gasteiger partial charge in [-0.05, 0) is 46.5 Å². The Kier molecular flexibility index (Phi) is 5.88. The van der Waals surface area contributed by atoms with Gasteiger partial charge >= 0.3 is 0 Å². The fraction of sp³-hybridized carbons (Fsp3) is 0.643. The molecule has 0 unspecified atom stereocenters. The predicted molar refractivity (Wildman–Crippen MR) is 80.9 cm³/mol. The van der Waals surface area contributed by atoms with E-state index in [2.05, 4.69) is 46.5 Å². The maximum absolute atomic E-state index is 12.0. The standard InChI is InChI=1S/C14H25N5O/c1-6-9-15-12-8-7-11(17-18-12)13(20)16-10-14(2,3)19(4)5/h7-8H,6,9-10H2,1-5H3,(H,15,18)(H,16,20). The van der Waals surface area contributed by atoms with Crippen molar-refractivity contribution in [3.63, 3.8) is 0 Å².